The fraction of sp³-hybridized carbons (Fsp3) is 0.524. The number of anilines is 2. The highest BCUT2D eigenvalue weighted by Gasteiger charge is 2.28. The highest BCUT2D eigenvalue weighted by molar-refractivity contribution is 5.45. The van der Waals surface area contributed by atoms with Gasteiger partial charge in [0.15, 0.2) is 0 Å². The summed E-state index contributed by atoms with van der Waals surface area (Å²) in [6.45, 7) is 9.78. The lowest BCUT2D eigenvalue weighted by atomic mass is 10.00. The molecule has 28 heavy (non-hydrogen) atoms. The maximum atomic E-state index is 9.61. The number of aliphatic hydroxyl groups is 1. The molecule has 1 aromatic heterocycles. The molecule has 1 fully saturated rings. The molecule has 3 rings (SSSR count). The van der Waals surface area contributed by atoms with Crippen LogP contribution in [-0.2, 0) is 6.54 Å². The van der Waals surface area contributed by atoms with Gasteiger partial charge in [-0.05, 0) is 49.9 Å². The van der Waals surface area contributed by atoms with E-state index in [-0.39, 0.29) is 12.6 Å². The molecule has 1 aliphatic rings. The smallest absolute Gasteiger partial charge is 0.222 e. The molecule has 0 bridgehead atoms. The molecule has 0 amide bonds. The molecular formula is C21H31N5O2. The van der Waals surface area contributed by atoms with E-state index in [2.05, 4.69) is 39.7 Å². The fourth-order valence-electron chi connectivity index (χ4n) is 3.93. The summed E-state index contributed by atoms with van der Waals surface area (Å²) >= 11 is 0. The molecule has 1 atom stereocenters. The number of rotatable bonds is 6. The predicted molar refractivity (Wildman–Crippen MR) is 112 cm³/mol. The van der Waals surface area contributed by atoms with Gasteiger partial charge in [-0.1, -0.05) is 6.07 Å². The summed E-state index contributed by atoms with van der Waals surface area (Å²) in [6.07, 6.45) is 0.726. The van der Waals surface area contributed by atoms with Crippen LogP contribution in [0.3, 0.4) is 0 Å². The summed E-state index contributed by atoms with van der Waals surface area (Å²) in [6, 6.07) is 6.41. The quantitative estimate of drug-likeness (QED) is 0.787. The average molecular weight is 386 g/mol. The highest BCUT2D eigenvalue weighted by atomic mass is 16.5. The molecule has 3 N–H and O–H groups in total. The second-order valence-corrected chi connectivity index (χ2v) is 7.49. The molecule has 0 aliphatic carbocycles. The number of nitrogen functional groups attached to an aromatic ring is 1. The van der Waals surface area contributed by atoms with Crippen molar-refractivity contribution in [3.63, 3.8) is 0 Å². The van der Waals surface area contributed by atoms with Gasteiger partial charge >= 0.3 is 0 Å². The first kappa shape index (κ1) is 20.4. The molecule has 1 aromatic carbocycles. The Kier molecular flexibility index (Phi) is 6.36. The van der Waals surface area contributed by atoms with Crippen LogP contribution in [0.4, 0.5) is 11.8 Å². The third-order valence-electron chi connectivity index (χ3n) is 5.69. The van der Waals surface area contributed by atoms with E-state index in [0.29, 0.717) is 5.95 Å². The topological polar surface area (TPSA) is 87.7 Å². The van der Waals surface area contributed by atoms with E-state index in [1.165, 1.54) is 16.7 Å². The van der Waals surface area contributed by atoms with Gasteiger partial charge in [0.25, 0.3) is 0 Å². The normalized spacial score (nSPS) is 17.8. The van der Waals surface area contributed by atoms with Crippen LogP contribution in [-0.4, -0.2) is 59.4 Å². The van der Waals surface area contributed by atoms with Crippen LogP contribution in [0.2, 0.25) is 0 Å². The lowest BCUT2D eigenvalue weighted by molar-refractivity contribution is 0.135. The minimum absolute atomic E-state index is 0.167. The molecule has 152 valence electrons. The number of methoxy groups -OCH3 is 1. The second kappa shape index (κ2) is 8.75. The average Bonchev–Trinajstić information content (AvgIpc) is 2.66. The molecule has 7 nitrogen and oxygen atoms in total. The van der Waals surface area contributed by atoms with Crippen molar-refractivity contribution in [2.24, 2.45) is 0 Å². The van der Waals surface area contributed by atoms with Gasteiger partial charge in [0.05, 0.1) is 7.11 Å². The van der Waals surface area contributed by atoms with E-state index in [1.807, 2.05) is 19.1 Å². The Morgan fingerprint density at radius 3 is 2.64 bits per heavy atom. The molecule has 7 heteroatoms. The first-order chi connectivity index (χ1) is 13.4. The first-order valence-corrected chi connectivity index (χ1v) is 9.77. The number of ether oxygens (including phenoxy) is 1. The zero-order valence-electron chi connectivity index (χ0n) is 17.3. The van der Waals surface area contributed by atoms with Crippen molar-refractivity contribution in [2.75, 3.05) is 44.0 Å². The van der Waals surface area contributed by atoms with Crippen LogP contribution in [0, 0.1) is 20.8 Å². The van der Waals surface area contributed by atoms with Crippen molar-refractivity contribution >= 4 is 11.8 Å². The van der Waals surface area contributed by atoms with Crippen LogP contribution >= 0.6 is 0 Å². The summed E-state index contributed by atoms with van der Waals surface area (Å²) in [4.78, 5) is 13.3. The zero-order valence-corrected chi connectivity index (χ0v) is 17.3. The van der Waals surface area contributed by atoms with E-state index in [4.69, 9.17) is 10.5 Å². The largest absolute Gasteiger partial charge is 0.496 e. The standard InChI is InChI=1S/C21H31N5O2/c1-14-11-20(24-21(22)23-14)26-9-8-25(18(13-26)7-10-27)12-17-5-6-19(28-4)16(3)15(17)2/h5-6,11,18,27H,7-10,12-13H2,1-4H3,(H2,22,23,24). The SMILES string of the molecule is COc1ccc(CN2CCN(c3cc(C)nc(N)n3)CC2CCO)c(C)c1C. The van der Waals surface area contributed by atoms with E-state index in [0.717, 1.165) is 49.9 Å². The zero-order chi connectivity index (χ0) is 20.3. The van der Waals surface area contributed by atoms with Gasteiger partial charge in [-0.2, -0.15) is 4.98 Å². The van der Waals surface area contributed by atoms with Crippen molar-refractivity contribution in [2.45, 2.75) is 39.8 Å². The molecule has 1 unspecified atom stereocenters. The maximum Gasteiger partial charge on any atom is 0.222 e. The van der Waals surface area contributed by atoms with Crippen molar-refractivity contribution in [1.29, 1.82) is 0 Å². The third-order valence-corrected chi connectivity index (χ3v) is 5.69. The van der Waals surface area contributed by atoms with Gasteiger partial charge < -0.3 is 20.5 Å². The molecular weight excluding hydrogens is 354 g/mol. The van der Waals surface area contributed by atoms with Crippen molar-refractivity contribution in [3.8, 4) is 5.75 Å². The summed E-state index contributed by atoms with van der Waals surface area (Å²) in [5.41, 5.74) is 10.5. The van der Waals surface area contributed by atoms with Crippen molar-refractivity contribution in [3.05, 3.63) is 40.6 Å². The highest BCUT2D eigenvalue weighted by Crippen LogP contribution is 2.27. The van der Waals surface area contributed by atoms with E-state index in [9.17, 15) is 5.11 Å². The predicted octanol–water partition coefficient (Wildman–Crippen LogP) is 2.07. The molecule has 2 aromatic rings. The van der Waals surface area contributed by atoms with Gasteiger partial charge in [-0.3, -0.25) is 4.90 Å². The number of aliphatic hydroxyl groups excluding tert-OH is 1. The minimum atomic E-state index is 0.167. The van der Waals surface area contributed by atoms with E-state index < -0.39 is 0 Å². The van der Waals surface area contributed by atoms with Gasteiger partial charge in [-0.25, -0.2) is 4.98 Å². The number of hydrogen-bond acceptors (Lipinski definition) is 7. The first-order valence-electron chi connectivity index (χ1n) is 9.77. The van der Waals surface area contributed by atoms with Crippen LogP contribution in [0.5, 0.6) is 5.75 Å². The van der Waals surface area contributed by atoms with Gasteiger partial charge in [0.2, 0.25) is 5.95 Å². The third kappa shape index (κ3) is 4.36. The summed E-state index contributed by atoms with van der Waals surface area (Å²) in [7, 11) is 1.71. The Morgan fingerprint density at radius 1 is 1.18 bits per heavy atom. The molecule has 2 heterocycles. The summed E-state index contributed by atoms with van der Waals surface area (Å²) in [5, 5.41) is 9.61. The summed E-state index contributed by atoms with van der Waals surface area (Å²) < 4.78 is 5.44. The number of piperazine rings is 1. The Hall–Kier alpha value is -2.38. The molecule has 0 spiro atoms. The molecule has 0 saturated carbocycles. The lowest BCUT2D eigenvalue weighted by Crippen LogP contribution is -2.53. The lowest BCUT2D eigenvalue weighted by Gasteiger charge is -2.42. The van der Waals surface area contributed by atoms with Crippen molar-refractivity contribution in [1.82, 2.24) is 14.9 Å². The van der Waals surface area contributed by atoms with E-state index >= 15 is 0 Å². The number of benzene rings is 1. The Labute approximate surface area is 167 Å². The number of nitrogens with two attached hydrogens (primary N) is 1. The van der Waals surface area contributed by atoms with E-state index in [1.54, 1.807) is 7.11 Å². The van der Waals surface area contributed by atoms with Crippen LogP contribution < -0.4 is 15.4 Å². The summed E-state index contributed by atoms with van der Waals surface area (Å²) in [5.74, 6) is 2.10. The number of aromatic nitrogens is 2. The monoisotopic (exact) mass is 385 g/mol. The number of hydrogen-bond donors (Lipinski definition) is 2. The van der Waals surface area contributed by atoms with Gasteiger partial charge in [-0.15, -0.1) is 0 Å². The second-order valence-electron chi connectivity index (χ2n) is 7.49. The van der Waals surface area contributed by atoms with Crippen LogP contribution in [0.15, 0.2) is 18.2 Å². The molecule has 1 saturated heterocycles. The van der Waals surface area contributed by atoms with Gasteiger partial charge in [0, 0.05) is 50.6 Å². The van der Waals surface area contributed by atoms with Crippen molar-refractivity contribution < 1.29 is 9.84 Å². The van der Waals surface area contributed by atoms with Crippen LogP contribution in [0.1, 0.15) is 28.8 Å². The Balaban J connectivity index is 1.77. The molecule has 0 radical (unpaired) electrons. The molecule has 1 aliphatic heterocycles. The number of aryl methyl sites for hydroxylation is 1. The van der Waals surface area contributed by atoms with Gasteiger partial charge in [0.1, 0.15) is 11.6 Å². The minimum Gasteiger partial charge on any atom is -0.496 e. The maximum absolute atomic E-state index is 9.61. The fourth-order valence-corrected chi connectivity index (χ4v) is 3.93. The van der Waals surface area contributed by atoms with Crippen LogP contribution in [0.25, 0.3) is 0 Å². The number of nitrogens with zero attached hydrogens (tertiary/aromatic N) is 4. The Bertz CT molecular complexity index is 806. The Morgan fingerprint density at radius 2 is 1.96 bits per heavy atom.